The lowest BCUT2D eigenvalue weighted by Gasteiger charge is -2.33. The van der Waals surface area contributed by atoms with Crippen LogP contribution in [0, 0.1) is 12.7 Å². The SMILES string of the molecule is Cc1cc(=O)c(C(=O)NCc2ccccc2CN2CCCCC2C)nn1-c1ccccc1F. The fourth-order valence-corrected chi connectivity index (χ4v) is 4.33. The van der Waals surface area contributed by atoms with Gasteiger partial charge in [0.1, 0.15) is 11.5 Å². The number of nitrogens with zero attached hydrogens (tertiary/aromatic N) is 3. The van der Waals surface area contributed by atoms with Gasteiger partial charge < -0.3 is 5.32 Å². The number of hydrogen-bond donors (Lipinski definition) is 1. The molecule has 33 heavy (non-hydrogen) atoms. The van der Waals surface area contributed by atoms with Crippen LogP contribution in [0.3, 0.4) is 0 Å². The Bertz CT molecular complexity index is 1210. The molecule has 1 atom stereocenters. The molecule has 1 N–H and O–H groups in total. The van der Waals surface area contributed by atoms with Crippen LogP contribution >= 0.6 is 0 Å². The minimum atomic E-state index is -0.578. The Kier molecular flexibility index (Phi) is 6.99. The van der Waals surface area contributed by atoms with E-state index in [2.05, 4.69) is 28.3 Å². The zero-order chi connectivity index (χ0) is 23.4. The Balaban J connectivity index is 1.53. The number of halogens is 1. The maximum atomic E-state index is 14.3. The normalized spacial score (nSPS) is 16.5. The molecule has 1 aliphatic rings. The molecule has 4 rings (SSSR count). The van der Waals surface area contributed by atoms with E-state index in [0.29, 0.717) is 11.7 Å². The maximum absolute atomic E-state index is 14.3. The monoisotopic (exact) mass is 448 g/mol. The highest BCUT2D eigenvalue weighted by molar-refractivity contribution is 5.92. The second-order valence-corrected chi connectivity index (χ2v) is 8.63. The number of hydrogen-bond acceptors (Lipinski definition) is 4. The summed E-state index contributed by atoms with van der Waals surface area (Å²) in [5.74, 6) is -1.06. The molecule has 0 aliphatic carbocycles. The van der Waals surface area contributed by atoms with E-state index in [4.69, 9.17) is 0 Å². The average molecular weight is 449 g/mol. The van der Waals surface area contributed by atoms with Crippen LogP contribution in [0.5, 0.6) is 0 Å². The first-order valence-corrected chi connectivity index (χ1v) is 11.4. The van der Waals surface area contributed by atoms with Crippen LogP contribution in [0.2, 0.25) is 0 Å². The van der Waals surface area contributed by atoms with Gasteiger partial charge in [0.2, 0.25) is 5.43 Å². The third-order valence-electron chi connectivity index (χ3n) is 6.27. The summed E-state index contributed by atoms with van der Waals surface area (Å²) >= 11 is 0. The third kappa shape index (κ3) is 5.20. The van der Waals surface area contributed by atoms with Crippen molar-refractivity contribution in [3.63, 3.8) is 0 Å². The lowest BCUT2D eigenvalue weighted by atomic mass is 10.0. The van der Waals surface area contributed by atoms with Crippen LogP contribution < -0.4 is 10.7 Å². The molecule has 1 unspecified atom stereocenters. The number of para-hydroxylation sites is 1. The van der Waals surface area contributed by atoms with E-state index in [0.717, 1.165) is 24.2 Å². The van der Waals surface area contributed by atoms with Crippen LogP contribution in [0.4, 0.5) is 4.39 Å². The Hall–Kier alpha value is -3.32. The number of benzene rings is 2. The van der Waals surface area contributed by atoms with E-state index >= 15 is 0 Å². The average Bonchev–Trinajstić information content (AvgIpc) is 2.80. The maximum Gasteiger partial charge on any atom is 0.276 e. The molecule has 1 fully saturated rings. The summed E-state index contributed by atoms with van der Waals surface area (Å²) in [5.41, 5.74) is 2.05. The molecule has 1 amide bonds. The smallest absolute Gasteiger partial charge is 0.276 e. The van der Waals surface area contributed by atoms with Gasteiger partial charge in [-0.2, -0.15) is 5.10 Å². The van der Waals surface area contributed by atoms with Crippen molar-refractivity contribution in [1.82, 2.24) is 20.0 Å². The van der Waals surface area contributed by atoms with E-state index in [1.165, 1.54) is 36.1 Å². The molecule has 0 saturated carbocycles. The minimum absolute atomic E-state index is 0.185. The Labute approximate surface area is 193 Å². The van der Waals surface area contributed by atoms with Gasteiger partial charge in [-0.15, -0.1) is 0 Å². The van der Waals surface area contributed by atoms with Gasteiger partial charge in [0.05, 0.1) is 0 Å². The standard InChI is InChI=1S/C26H29FN4O2/c1-18-9-7-8-14-30(18)17-21-11-4-3-10-20(21)16-28-26(33)25-24(32)15-19(2)31(29-25)23-13-6-5-12-22(23)27/h3-6,10-13,15,18H,7-9,14,16-17H2,1-2H3,(H,28,33). The molecular formula is C26H29FN4O2. The van der Waals surface area contributed by atoms with Gasteiger partial charge in [0, 0.05) is 30.9 Å². The fraction of sp³-hybridized carbons (Fsp3) is 0.346. The second kappa shape index (κ2) is 10.1. The first kappa shape index (κ1) is 22.9. The Morgan fingerprint density at radius 1 is 1.12 bits per heavy atom. The van der Waals surface area contributed by atoms with Gasteiger partial charge in [0.25, 0.3) is 5.91 Å². The van der Waals surface area contributed by atoms with Crippen LogP contribution in [0.1, 0.15) is 53.5 Å². The molecule has 2 heterocycles. The van der Waals surface area contributed by atoms with Gasteiger partial charge in [-0.1, -0.05) is 42.8 Å². The van der Waals surface area contributed by atoms with Crippen molar-refractivity contribution in [2.45, 2.75) is 52.2 Å². The Morgan fingerprint density at radius 3 is 2.61 bits per heavy atom. The summed E-state index contributed by atoms with van der Waals surface area (Å²) in [6.45, 7) is 6.10. The van der Waals surface area contributed by atoms with Crippen molar-refractivity contribution in [2.75, 3.05) is 6.54 Å². The van der Waals surface area contributed by atoms with Gasteiger partial charge >= 0.3 is 0 Å². The van der Waals surface area contributed by atoms with Crippen LogP contribution in [0.15, 0.2) is 59.4 Å². The Morgan fingerprint density at radius 2 is 1.85 bits per heavy atom. The largest absolute Gasteiger partial charge is 0.346 e. The molecule has 0 spiro atoms. The summed E-state index contributed by atoms with van der Waals surface area (Å²) in [6, 6.07) is 16.0. The molecule has 0 radical (unpaired) electrons. The van der Waals surface area contributed by atoms with Crippen molar-refractivity contribution in [2.24, 2.45) is 0 Å². The number of carbonyl (C=O) groups is 1. The zero-order valence-corrected chi connectivity index (χ0v) is 19.1. The highest BCUT2D eigenvalue weighted by atomic mass is 19.1. The predicted molar refractivity (Wildman–Crippen MR) is 126 cm³/mol. The van der Waals surface area contributed by atoms with E-state index in [1.54, 1.807) is 25.1 Å². The summed E-state index contributed by atoms with van der Waals surface area (Å²) in [4.78, 5) is 27.8. The lowest BCUT2D eigenvalue weighted by molar-refractivity contribution is 0.0942. The first-order valence-electron chi connectivity index (χ1n) is 11.4. The van der Waals surface area contributed by atoms with E-state index in [1.807, 2.05) is 18.2 Å². The number of aromatic nitrogens is 2. The lowest BCUT2D eigenvalue weighted by Crippen LogP contribution is -2.37. The van der Waals surface area contributed by atoms with Gasteiger partial charge in [-0.3, -0.25) is 14.5 Å². The molecular weight excluding hydrogens is 419 g/mol. The molecule has 1 saturated heterocycles. The van der Waals surface area contributed by atoms with Gasteiger partial charge in [0.15, 0.2) is 5.69 Å². The van der Waals surface area contributed by atoms with Crippen molar-refractivity contribution in [1.29, 1.82) is 0 Å². The summed E-state index contributed by atoms with van der Waals surface area (Å²) in [6.07, 6.45) is 3.67. The molecule has 0 bridgehead atoms. The first-order chi connectivity index (χ1) is 15.9. The van der Waals surface area contributed by atoms with Crippen LogP contribution in [-0.2, 0) is 13.1 Å². The summed E-state index contributed by atoms with van der Waals surface area (Å²) in [7, 11) is 0. The van der Waals surface area contributed by atoms with Crippen LogP contribution in [-0.4, -0.2) is 33.2 Å². The van der Waals surface area contributed by atoms with Gasteiger partial charge in [-0.05, 0) is 56.5 Å². The summed E-state index contributed by atoms with van der Waals surface area (Å²) < 4.78 is 15.6. The highest BCUT2D eigenvalue weighted by Gasteiger charge is 2.20. The van der Waals surface area contributed by atoms with Crippen LogP contribution in [0.25, 0.3) is 5.69 Å². The number of piperidine rings is 1. The highest BCUT2D eigenvalue weighted by Crippen LogP contribution is 2.21. The van der Waals surface area contributed by atoms with E-state index < -0.39 is 17.2 Å². The molecule has 2 aromatic carbocycles. The number of nitrogens with one attached hydrogen (secondary N) is 1. The molecule has 7 heteroatoms. The molecule has 1 aliphatic heterocycles. The van der Waals surface area contributed by atoms with Crippen molar-refractivity contribution in [3.8, 4) is 5.69 Å². The molecule has 1 aromatic heterocycles. The zero-order valence-electron chi connectivity index (χ0n) is 19.1. The fourth-order valence-electron chi connectivity index (χ4n) is 4.33. The molecule has 6 nitrogen and oxygen atoms in total. The number of likely N-dealkylation sites (tertiary alicyclic amines) is 1. The van der Waals surface area contributed by atoms with Crippen molar-refractivity contribution < 1.29 is 9.18 Å². The second-order valence-electron chi connectivity index (χ2n) is 8.63. The van der Waals surface area contributed by atoms with Crippen molar-refractivity contribution in [3.05, 3.63) is 93.2 Å². The number of amides is 1. The third-order valence-corrected chi connectivity index (χ3v) is 6.27. The molecule has 172 valence electrons. The van der Waals surface area contributed by atoms with E-state index in [9.17, 15) is 14.0 Å². The van der Waals surface area contributed by atoms with Crippen molar-refractivity contribution >= 4 is 5.91 Å². The molecule has 3 aromatic rings. The summed E-state index contributed by atoms with van der Waals surface area (Å²) in [5, 5.41) is 7.02. The number of aryl methyl sites for hydroxylation is 1. The predicted octanol–water partition coefficient (Wildman–Crippen LogP) is 3.98. The van der Waals surface area contributed by atoms with Gasteiger partial charge in [-0.25, -0.2) is 9.07 Å². The minimum Gasteiger partial charge on any atom is -0.346 e. The van der Waals surface area contributed by atoms with E-state index in [-0.39, 0.29) is 17.9 Å². The topological polar surface area (TPSA) is 67.2 Å². The number of carbonyl (C=O) groups excluding carboxylic acids is 1. The number of rotatable bonds is 6. The quantitative estimate of drug-likeness (QED) is 0.619.